The van der Waals surface area contributed by atoms with Gasteiger partial charge < -0.3 is 25.0 Å². The fourth-order valence-electron chi connectivity index (χ4n) is 3.32. The number of hydrogen-bond acceptors (Lipinski definition) is 7. The molecule has 2 atom stereocenters. The second kappa shape index (κ2) is 14.6. The van der Waals surface area contributed by atoms with Crippen molar-refractivity contribution in [3.63, 3.8) is 0 Å². The van der Waals surface area contributed by atoms with E-state index in [1.54, 1.807) is 45.5 Å². The Kier molecular flexibility index (Phi) is 12.6. The maximum Gasteiger partial charge on any atom is 0.408 e. The SMILES string of the molecule is CCOC(=O)CCNC(=O)C(c1cccc(C)c1)N(C)C(=O)C(CCSC)NC(=O)OC(C)(C)C. The molecule has 0 radical (unpaired) electrons. The number of amides is 3. The molecule has 0 bridgehead atoms. The van der Waals surface area contributed by atoms with Gasteiger partial charge in [0.15, 0.2) is 0 Å². The summed E-state index contributed by atoms with van der Waals surface area (Å²) >= 11 is 1.54. The van der Waals surface area contributed by atoms with Crippen LogP contribution in [0.2, 0.25) is 0 Å². The van der Waals surface area contributed by atoms with Crippen LogP contribution in [0.1, 0.15) is 57.7 Å². The monoisotopic (exact) mass is 509 g/mol. The smallest absolute Gasteiger partial charge is 0.408 e. The molecule has 0 heterocycles. The zero-order valence-corrected chi connectivity index (χ0v) is 22.6. The standard InChI is InChI=1S/C25H39N3O6S/c1-8-33-20(29)12-14-26-22(30)21(18-11-9-10-17(2)16-18)28(6)23(31)19(13-15-35-7)27-24(32)34-25(3,4)5/h9-11,16,19,21H,8,12-15H2,1-7H3,(H,26,30)(H,27,32). The number of hydrogen-bond donors (Lipinski definition) is 2. The molecule has 196 valence electrons. The number of carbonyl (C=O) groups is 4. The third-order valence-electron chi connectivity index (χ3n) is 4.87. The lowest BCUT2D eigenvalue weighted by Crippen LogP contribution is -2.52. The number of nitrogens with zero attached hydrogens (tertiary/aromatic N) is 1. The zero-order chi connectivity index (χ0) is 26.6. The average Bonchev–Trinajstić information content (AvgIpc) is 2.75. The van der Waals surface area contributed by atoms with Gasteiger partial charge in [0.1, 0.15) is 17.7 Å². The Morgan fingerprint density at radius 2 is 1.86 bits per heavy atom. The van der Waals surface area contributed by atoms with E-state index in [0.717, 1.165) is 5.56 Å². The number of carbonyl (C=O) groups excluding carboxylic acids is 4. The summed E-state index contributed by atoms with van der Waals surface area (Å²) in [5, 5.41) is 5.39. The Balaban J connectivity index is 3.14. The number of ether oxygens (including phenoxy) is 2. The minimum absolute atomic E-state index is 0.0221. The molecule has 0 saturated carbocycles. The van der Waals surface area contributed by atoms with Crippen LogP contribution in [0.25, 0.3) is 0 Å². The van der Waals surface area contributed by atoms with Crippen LogP contribution in [0.4, 0.5) is 4.79 Å². The number of nitrogens with one attached hydrogen (secondary N) is 2. The third-order valence-corrected chi connectivity index (χ3v) is 5.52. The predicted octanol–water partition coefficient (Wildman–Crippen LogP) is 3.21. The average molecular weight is 510 g/mol. The van der Waals surface area contributed by atoms with Crippen molar-refractivity contribution < 1.29 is 28.7 Å². The van der Waals surface area contributed by atoms with Gasteiger partial charge in [-0.3, -0.25) is 14.4 Å². The van der Waals surface area contributed by atoms with Crippen molar-refractivity contribution >= 4 is 35.6 Å². The summed E-state index contributed by atoms with van der Waals surface area (Å²) < 4.78 is 10.2. The minimum atomic E-state index is -0.957. The fourth-order valence-corrected chi connectivity index (χ4v) is 3.80. The van der Waals surface area contributed by atoms with Crippen molar-refractivity contribution in [2.45, 2.75) is 65.1 Å². The second-order valence-corrected chi connectivity index (χ2v) is 10.1. The van der Waals surface area contributed by atoms with Gasteiger partial charge in [0, 0.05) is 13.6 Å². The first-order chi connectivity index (χ1) is 16.4. The predicted molar refractivity (Wildman–Crippen MR) is 137 cm³/mol. The topological polar surface area (TPSA) is 114 Å². The lowest BCUT2D eigenvalue weighted by molar-refractivity contribution is -0.143. The van der Waals surface area contributed by atoms with E-state index in [2.05, 4.69) is 10.6 Å². The second-order valence-electron chi connectivity index (χ2n) is 9.09. The van der Waals surface area contributed by atoms with Gasteiger partial charge in [-0.05, 0) is 58.6 Å². The van der Waals surface area contributed by atoms with Crippen LogP contribution in [-0.4, -0.2) is 72.6 Å². The molecule has 0 aliphatic rings. The highest BCUT2D eigenvalue weighted by Crippen LogP contribution is 2.23. The van der Waals surface area contributed by atoms with Crippen molar-refractivity contribution in [2.24, 2.45) is 0 Å². The number of benzene rings is 1. The van der Waals surface area contributed by atoms with E-state index >= 15 is 0 Å². The first-order valence-electron chi connectivity index (χ1n) is 11.6. The normalized spacial score (nSPS) is 12.8. The summed E-state index contributed by atoms with van der Waals surface area (Å²) in [5.74, 6) is -0.641. The number of likely N-dealkylation sites (N-methyl/N-ethyl adjacent to an activating group) is 1. The van der Waals surface area contributed by atoms with Gasteiger partial charge in [-0.2, -0.15) is 11.8 Å². The molecular weight excluding hydrogens is 470 g/mol. The van der Waals surface area contributed by atoms with Crippen molar-refractivity contribution in [1.82, 2.24) is 15.5 Å². The Labute approximate surface area is 212 Å². The molecule has 3 amide bonds. The van der Waals surface area contributed by atoms with Crippen LogP contribution < -0.4 is 10.6 Å². The summed E-state index contributed by atoms with van der Waals surface area (Å²) in [5.41, 5.74) is 0.834. The lowest BCUT2D eigenvalue weighted by Gasteiger charge is -2.31. The van der Waals surface area contributed by atoms with Crippen molar-refractivity contribution in [3.05, 3.63) is 35.4 Å². The van der Waals surface area contributed by atoms with Crippen molar-refractivity contribution in [2.75, 3.05) is 32.2 Å². The molecule has 0 aromatic heterocycles. The molecule has 0 aliphatic carbocycles. The molecule has 1 rings (SSSR count). The first kappa shape index (κ1) is 30.3. The van der Waals surface area contributed by atoms with Gasteiger partial charge in [-0.1, -0.05) is 29.8 Å². The largest absolute Gasteiger partial charge is 0.466 e. The van der Waals surface area contributed by atoms with Crippen LogP contribution in [0.3, 0.4) is 0 Å². The molecule has 1 aromatic rings. The van der Waals surface area contributed by atoms with E-state index in [-0.39, 0.29) is 19.6 Å². The molecule has 2 N–H and O–H groups in total. The van der Waals surface area contributed by atoms with Crippen molar-refractivity contribution in [1.29, 1.82) is 0 Å². The minimum Gasteiger partial charge on any atom is -0.466 e. The zero-order valence-electron chi connectivity index (χ0n) is 21.8. The summed E-state index contributed by atoms with van der Waals surface area (Å²) in [4.78, 5) is 52.1. The highest BCUT2D eigenvalue weighted by molar-refractivity contribution is 7.98. The van der Waals surface area contributed by atoms with Gasteiger partial charge >= 0.3 is 12.1 Å². The van der Waals surface area contributed by atoms with Crippen LogP contribution in [-0.2, 0) is 23.9 Å². The fraction of sp³-hybridized carbons (Fsp3) is 0.600. The Morgan fingerprint density at radius 1 is 1.17 bits per heavy atom. The van der Waals surface area contributed by atoms with Crippen molar-refractivity contribution in [3.8, 4) is 0 Å². The number of esters is 1. The first-order valence-corrected chi connectivity index (χ1v) is 13.0. The molecule has 0 spiro atoms. The summed E-state index contributed by atoms with van der Waals surface area (Å²) in [6.45, 7) is 9.17. The highest BCUT2D eigenvalue weighted by Gasteiger charge is 2.34. The Hall–Kier alpha value is -2.75. The molecule has 35 heavy (non-hydrogen) atoms. The molecule has 0 fully saturated rings. The quantitative estimate of drug-likeness (QED) is 0.416. The Bertz CT molecular complexity index is 871. The lowest BCUT2D eigenvalue weighted by atomic mass is 10.0. The van der Waals surface area contributed by atoms with Gasteiger partial charge in [0.2, 0.25) is 11.8 Å². The maximum atomic E-state index is 13.5. The van der Waals surface area contributed by atoms with E-state index in [9.17, 15) is 19.2 Å². The molecule has 0 aliphatic heterocycles. The van der Waals surface area contributed by atoms with E-state index in [0.29, 0.717) is 17.7 Å². The van der Waals surface area contributed by atoms with Crippen LogP contribution in [0, 0.1) is 6.92 Å². The van der Waals surface area contributed by atoms with Gasteiger partial charge in [-0.25, -0.2) is 4.79 Å². The molecular formula is C25H39N3O6S. The van der Waals surface area contributed by atoms with Gasteiger partial charge in [0.25, 0.3) is 0 Å². The number of rotatable bonds is 12. The summed E-state index contributed by atoms with van der Waals surface area (Å²) in [6, 6.07) is 5.48. The van der Waals surface area contributed by atoms with E-state index in [1.165, 1.54) is 11.9 Å². The molecule has 9 nitrogen and oxygen atoms in total. The highest BCUT2D eigenvalue weighted by atomic mass is 32.2. The third kappa shape index (κ3) is 11.0. The van der Waals surface area contributed by atoms with Crippen LogP contribution in [0.5, 0.6) is 0 Å². The summed E-state index contributed by atoms with van der Waals surface area (Å²) in [6.07, 6.45) is 1.60. The molecule has 1 aromatic carbocycles. The van der Waals surface area contributed by atoms with E-state index in [4.69, 9.17) is 9.47 Å². The Morgan fingerprint density at radius 3 is 2.43 bits per heavy atom. The van der Waals surface area contributed by atoms with Gasteiger partial charge in [-0.15, -0.1) is 0 Å². The van der Waals surface area contributed by atoms with E-state index < -0.39 is 41.6 Å². The summed E-state index contributed by atoms with van der Waals surface area (Å²) in [7, 11) is 1.53. The molecule has 10 heteroatoms. The van der Waals surface area contributed by atoms with Crippen LogP contribution >= 0.6 is 11.8 Å². The van der Waals surface area contributed by atoms with Gasteiger partial charge in [0.05, 0.1) is 13.0 Å². The number of alkyl carbamates (subject to hydrolysis) is 1. The van der Waals surface area contributed by atoms with E-state index in [1.807, 2.05) is 31.4 Å². The number of thioether (sulfide) groups is 1. The molecule has 2 unspecified atom stereocenters. The van der Waals surface area contributed by atoms with Crippen LogP contribution in [0.15, 0.2) is 24.3 Å². The number of aryl methyl sites for hydroxylation is 1. The maximum absolute atomic E-state index is 13.5. The molecule has 0 saturated heterocycles.